The molecule has 0 spiro atoms. The number of aliphatic hydroxyl groups excluding tert-OH is 1. The van der Waals surface area contributed by atoms with Crippen molar-refractivity contribution in [3.63, 3.8) is 0 Å². The number of alkyl halides is 3. The minimum atomic E-state index is -4.76. The van der Waals surface area contributed by atoms with E-state index in [1.807, 2.05) is 77.9 Å². The number of nitriles is 1. The summed E-state index contributed by atoms with van der Waals surface area (Å²) < 4.78 is 57.9. The average molecular weight is 947 g/mol. The van der Waals surface area contributed by atoms with Gasteiger partial charge in [0.05, 0.1) is 46.0 Å². The van der Waals surface area contributed by atoms with Crippen LogP contribution in [-0.2, 0) is 43.2 Å². The van der Waals surface area contributed by atoms with Gasteiger partial charge in [0.15, 0.2) is 6.10 Å². The molecule has 67 heavy (non-hydrogen) atoms. The molecule has 1 aromatic heterocycles. The van der Waals surface area contributed by atoms with Crippen molar-refractivity contribution >= 4 is 35.0 Å². The molecule has 2 aliphatic heterocycles. The molecule has 4 aromatic rings. The van der Waals surface area contributed by atoms with E-state index >= 15 is 0 Å². The van der Waals surface area contributed by atoms with Crippen LogP contribution in [0.4, 0.5) is 13.2 Å². The van der Waals surface area contributed by atoms with Crippen LogP contribution < -0.4 is 20.1 Å². The van der Waals surface area contributed by atoms with Gasteiger partial charge >= 0.3 is 6.18 Å². The maximum Gasteiger partial charge on any atom is 0.417 e. The number of likely N-dealkylation sites (tertiary alicyclic amines) is 2. The second-order valence-corrected chi connectivity index (χ2v) is 19.5. The highest BCUT2D eigenvalue weighted by atomic mass is 32.1. The first-order chi connectivity index (χ1) is 31.6. The van der Waals surface area contributed by atoms with Crippen molar-refractivity contribution in [2.45, 2.75) is 104 Å². The van der Waals surface area contributed by atoms with Crippen molar-refractivity contribution in [1.82, 2.24) is 25.4 Å². The predicted molar refractivity (Wildman–Crippen MR) is 243 cm³/mol. The summed E-state index contributed by atoms with van der Waals surface area (Å²) in [6.45, 7) is 12.1. The summed E-state index contributed by atoms with van der Waals surface area (Å²) in [5.41, 5.74) is 2.39. The number of unbranched alkanes of at least 4 members (excludes halogenated alkanes) is 1. The number of nitrogens with one attached hydrogen (secondary N) is 2. The molecule has 18 heteroatoms. The quantitative estimate of drug-likeness (QED) is 0.0897. The summed E-state index contributed by atoms with van der Waals surface area (Å²) >= 11 is 1.56. The zero-order valence-electron chi connectivity index (χ0n) is 38.4. The van der Waals surface area contributed by atoms with Crippen molar-refractivity contribution in [1.29, 1.82) is 5.26 Å². The van der Waals surface area contributed by atoms with Crippen LogP contribution in [0.3, 0.4) is 0 Å². The topological polar surface area (TPSA) is 183 Å². The van der Waals surface area contributed by atoms with Crippen molar-refractivity contribution in [2.24, 2.45) is 10.8 Å². The van der Waals surface area contributed by atoms with E-state index in [4.69, 9.17) is 19.5 Å². The van der Waals surface area contributed by atoms with Gasteiger partial charge in [-0.05, 0) is 72.2 Å². The van der Waals surface area contributed by atoms with E-state index in [1.165, 1.54) is 11.0 Å². The molecule has 0 aliphatic carbocycles. The van der Waals surface area contributed by atoms with Crippen LogP contribution in [0.5, 0.6) is 11.5 Å². The summed E-state index contributed by atoms with van der Waals surface area (Å²) in [6, 6.07) is 17.7. The maximum atomic E-state index is 14.0. The van der Waals surface area contributed by atoms with Gasteiger partial charge in [0, 0.05) is 44.6 Å². The van der Waals surface area contributed by atoms with Gasteiger partial charge in [-0.15, -0.1) is 11.3 Å². The van der Waals surface area contributed by atoms with Gasteiger partial charge in [-0.3, -0.25) is 19.2 Å². The van der Waals surface area contributed by atoms with Crippen molar-refractivity contribution in [2.75, 3.05) is 32.9 Å². The third-order valence-corrected chi connectivity index (χ3v) is 12.7. The number of rotatable bonds is 18. The van der Waals surface area contributed by atoms with E-state index in [-0.39, 0.29) is 50.9 Å². The Morgan fingerprint density at radius 2 is 1.67 bits per heavy atom. The number of aromatic nitrogens is 1. The number of carbonyl (C=O) groups excluding carboxylic acids is 4. The van der Waals surface area contributed by atoms with Crippen LogP contribution in [0.15, 0.2) is 72.2 Å². The van der Waals surface area contributed by atoms with Crippen LogP contribution in [0.25, 0.3) is 10.4 Å². The number of β-amino-alcohol motifs (C(OH)–C–C–N with tert-alkyl or cyclic N) is 1. The molecule has 14 nitrogen and oxygen atoms in total. The number of carbonyl (C=O) groups is 4. The van der Waals surface area contributed by atoms with Gasteiger partial charge in [0.1, 0.15) is 30.2 Å². The second kappa shape index (κ2) is 21.3. The number of halogens is 3. The Labute approximate surface area is 392 Å². The fraction of sp³-hybridized carbons (Fsp3) is 0.469. The van der Waals surface area contributed by atoms with E-state index in [0.717, 1.165) is 39.4 Å². The predicted octanol–water partition coefficient (Wildman–Crippen LogP) is 6.81. The number of aryl methyl sites for hydroxylation is 1. The van der Waals surface area contributed by atoms with Crippen molar-refractivity contribution in [3.05, 3.63) is 100 Å². The highest BCUT2D eigenvalue weighted by molar-refractivity contribution is 7.13. The number of thiazole rings is 1. The Kier molecular flexibility index (Phi) is 16.0. The second-order valence-electron chi connectivity index (χ2n) is 18.7. The molecule has 0 saturated carbocycles. The van der Waals surface area contributed by atoms with E-state index in [2.05, 4.69) is 15.6 Å². The Hall–Kier alpha value is -6.03. The molecule has 3 aromatic carbocycles. The zero-order valence-corrected chi connectivity index (χ0v) is 39.3. The fourth-order valence-corrected chi connectivity index (χ4v) is 8.93. The average Bonchev–Trinajstić information content (AvgIpc) is 3.95. The van der Waals surface area contributed by atoms with E-state index in [9.17, 15) is 37.5 Å². The molecule has 4 amide bonds. The lowest BCUT2D eigenvalue weighted by molar-refractivity contribution is -0.144. The molecular formula is C49H57F3N6O8S. The number of benzene rings is 3. The van der Waals surface area contributed by atoms with Gasteiger partial charge in [-0.1, -0.05) is 71.0 Å². The van der Waals surface area contributed by atoms with Crippen LogP contribution in [0.2, 0.25) is 0 Å². The molecular weight excluding hydrogens is 890 g/mol. The fourth-order valence-electron chi connectivity index (χ4n) is 8.12. The molecule has 358 valence electrons. The first-order valence-corrected chi connectivity index (χ1v) is 22.9. The summed E-state index contributed by atoms with van der Waals surface area (Å²) in [6.07, 6.45) is -5.40. The van der Waals surface area contributed by atoms with E-state index in [1.54, 1.807) is 39.9 Å². The van der Waals surface area contributed by atoms with Gasteiger partial charge in [-0.25, -0.2) is 4.98 Å². The number of nitrogens with zero attached hydrogens (tertiary/aromatic N) is 4. The summed E-state index contributed by atoms with van der Waals surface area (Å²) in [5.74, 6) is -1.25. The number of hydrogen-bond donors (Lipinski definition) is 3. The minimum absolute atomic E-state index is 0.0375. The number of hydrogen-bond acceptors (Lipinski definition) is 11. The molecule has 3 N–H and O–H groups in total. The molecule has 0 radical (unpaired) electrons. The molecule has 2 fully saturated rings. The van der Waals surface area contributed by atoms with Crippen molar-refractivity contribution < 1.29 is 51.7 Å². The standard InChI is InChI=1S/C49H57F3N6O8S/c1-30-41(67-29-55-30)33-13-9-31(10-14-33)24-54-44(61)39-21-35(59)26-58(39)45(62)42(47(2,3)4)56-40(60)27-64-19-7-8-20-65-36-16-11-32(12-17-36)25-57-28-48(5,6)43(46(57)63)66-37-18-15-34(23-53)38(22-37)49(50,51)52/h9-18,22,29,35,39,42-43,59H,7-8,19-21,24-28H2,1-6H3,(H,54,61)(H,56,60). The lowest BCUT2D eigenvalue weighted by Gasteiger charge is -2.35. The number of aliphatic hydroxyl groups is 1. The Balaban J connectivity index is 0.902. The first kappa shape index (κ1) is 50.4. The van der Waals surface area contributed by atoms with Gasteiger partial charge in [-0.2, -0.15) is 18.4 Å². The Bertz CT molecular complexity index is 2430. The van der Waals surface area contributed by atoms with Crippen LogP contribution in [0, 0.1) is 29.1 Å². The largest absolute Gasteiger partial charge is 0.494 e. The summed E-state index contributed by atoms with van der Waals surface area (Å²) in [5, 5.41) is 25.4. The van der Waals surface area contributed by atoms with Crippen LogP contribution in [0.1, 0.15) is 81.8 Å². The Morgan fingerprint density at radius 3 is 2.31 bits per heavy atom. The SMILES string of the molecule is Cc1ncsc1-c1ccc(CNC(=O)C2CC(O)CN2C(=O)C(NC(=O)COCCCCOc2ccc(CN3CC(C)(C)C(Oc4ccc(C#N)c(C(F)(F)F)c4)C3=O)cc2)C(C)(C)C)cc1. The van der Waals surface area contributed by atoms with Gasteiger partial charge < -0.3 is 39.8 Å². The molecule has 4 unspecified atom stereocenters. The normalized spacial score (nSPS) is 18.6. The van der Waals surface area contributed by atoms with Gasteiger partial charge in [0.25, 0.3) is 5.91 Å². The monoisotopic (exact) mass is 946 g/mol. The summed E-state index contributed by atoms with van der Waals surface area (Å²) in [7, 11) is 0. The Morgan fingerprint density at radius 1 is 1.00 bits per heavy atom. The number of amides is 4. The molecule has 2 aliphatic rings. The van der Waals surface area contributed by atoms with Crippen LogP contribution >= 0.6 is 11.3 Å². The van der Waals surface area contributed by atoms with Crippen LogP contribution in [-0.4, -0.2) is 101 Å². The molecule has 3 heterocycles. The number of ether oxygens (including phenoxy) is 3. The maximum absolute atomic E-state index is 14.0. The highest BCUT2D eigenvalue weighted by Gasteiger charge is 2.48. The highest BCUT2D eigenvalue weighted by Crippen LogP contribution is 2.38. The smallest absolute Gasteiger partial charge is 0.417 e. The third kappa shape index (κ3) is 12.9. The minimum Gasteiger partial charge on any atom is -0.494 e. The molecule has 0 bridgehead atoms. The van der Waals surface area contributed by atoms with Gasteiger partial charge in [0.2, 0.25) is 17.7 Å². The zero-order chi connectivity index (χ0) is 48.7. The van der Waals surface area contributed by atoms with E-state index in [0.29, 0.717) is 31.7 Å². The lowest BCUT2D eigenvalue weighted by Crippen LogP contribution is -2.58. The third-order valence-electron chi connectivity index (χ3n) is 11.7. The lowest BCUT2D eigenvalue weighted by atomic mass is 9.85. The van der Waals surface area contributed by atoms with Crippen molar-refractivity contribution in [3.8, 4) is 28.0 Å². The molecule has 2 saturated heterocycles. The molecule has 6 rings (SSSR count). The molecule has 4 atom stereocenters. The first-order valence-electron chi connectivity index (χ1n) is 22.1. The summed E-state index contributed by atoms with van der Waals surface area (Å²) in [4.78, 5) is 62.2. The van der Waals surface area contributed by atoms with E-state index < -0.39 is 70.1 Å².